The molecule has 4 heteroatoms. The van der Waals surface area contributed by atoms with Crippen LogP contribution < -0.4 is 4.74 Å². The second-order valence-electron chi connectivity index (χ2n) is 7.61. The molecule has 3 aromatic rings. The van der Waals surface area contributed by atoms with Gasteiger partial charge in [-0.05, 0) is 48.7 Å². The Labute approximate surface area is 174 Å². The quantitative estimate of drug-likeness (QED) is 0.462. The Kier molecular flexibility index (Phi) is 5.49. The molecule has 1 aliphatic rings. The summed E-state index contributed by atoms with van der Waals surface area (Å²) in [6.45, 7) is 1.72. The molecule has 0 radical (unpaired) electrons. The maximum atomic E-state index is 14.2. The summed E-state index contributed by atoms with van der Waals surface area (Å²) >= 11 is 0. The highest BCUT2D eigenvalue weighted by Crippen LogP contribution is 2.46. The summed E-state index contributed by atoms with van der Waals surface area (Å²) in [6, 6.07) is 18.5. The molecule has 152 valence electrons. The van der Waals surface area contributed by atoms with Gasteiger partial charge >= 0.3 is 0 Å². The van der Waals surface area contributed by atoms with Crippen molar-refractivity contribution in [1.29, 1.82) is 0 Å². The minimum absolute atomic E-state index is 0.123. The number of ether oxygens (including phenoxy) is 1. The highest BCUT2D eigenvalue weighted by atomic mass is 19.1. The molecule has 30 heavy (non-hydrogen) atoms. The molecule has 0 saturated heterocycles. The van der Waals surface area contributed by atoms with Crippen LogP contribution in [0.5, 0.6) is 5.75 Å². The Morgan fingerprint density at radius 2 is 1.80 bits per heavy atom. The van der Waals surface area contributed by atoms with Gasteiger partial charge in [0.1, 0.15) is 17.4 Å². The monoisotopic (exact) mass is 404 g/mol. The Morgan fingerprint density at radius 3 is 2.53 bits per heavy atom. The van der Waals surface area contributed by atoms with Gasteiger partial charge in [-0.25, -0.2) is 8.78 Å². The third-order valence-electron chi connectivity index (χ3n) is 5.73. The molecular weight excluding hydrogens is 382 g/mol. The molecule has 0 N–H and O–H groups in total. The molecule has 2 atom stereocenters. The molecule has 3 aromatic carbocycles. The van der Waals surface area contributed by atoms with Gasteiger partial charge in [0, 0.05) is 28.5 Å². The van der Waals surface area contributed by atoms with E-state index in [0.29, 0.717) is 28.9 Å². The van der Waals surface area contributed by atoms with Gasteiger partial charge in [-0.1, -0.05) is 48.5 Å². The van der Waals surface area contributed by atoms with Gasteiger partial charge in [0.25, 0.3) is 0 Å². The minimum Gasteiger partial charge on any atom is -0.496 e. The Morgan fingerprint density at radius 1 is 1.00 bits per heavy atom. The number of para-hydroxylation sites is 1. The number of hydrogen-bond acceptors (Lipinski definition) is 2. The smallest absolute Gasteiger partial charge is 0.189 e. The molecule has 0 amide bonds. The number of methoxy groups -OCH3 is 1. The van der Waals surface area contributed by atoms with Crippen LogP contribution in [0.4, 0.5) is 8.78 Å². The Hall–Kier alpha value is -3.27. The number of rotatable bonds is 5. The van der Waals surface area contributed by atoms with Crippen molar-refractivity contribution in [3.8, 4) is 5.75 Å². The second-order valence-corrected chi connectivity index (χ2v) is 7.61. The molecule has 1 aliphatic carbocycles. The molecule has 0 fully saturated rings. The maximum Gasteiger partial charge on any atom is 0.189 e. The molecule has 0 bridgehead atoms. The summed E-state index contributed by atoms with van der Waals surface area (Å²) in [4.78, 5) is 13.3. The van der Waals surface area contributed by atoms with Crippen molar-refractivity contribution in [3.63, 3.8) is 0 Å². The van der Waals surface area contributed by atoms with Crippen molar-refractivity contribution >= 4 is 5.78 Å². The third kappa shape index (κ3) is 3.78. The van der Waals surface area contributed by atoms with E-state index in [1.807, 2.05) is 36.4 Å². The number of halogens is 2. The molecule has 0 aromatic heterocycles. The highest BCUT2D eigenvalue weighted by molar-refractivity contribution is 6.10. The van der Waals surface area contributed by atoms with Gasteiger partial charge in [0.15, 0.2) is 5.78 Å². The van der Waals surface area contributed by atoms with Crippen LogP contribution in [-0.4, -0.2) is 12.9 Å². The third-order valence-corrected chi connectivity index (χ3v) is 5.73. The van der Waals surface area contributed by atoms with Crippen LogP contribution in [0.25, 0.3) is 0 Å². The summed E-state index contributed by atoms with van der Waals surface area (Å²) in [7, 11) is 1.60. The summed E-state index contributed by atoms with van der Waals surface area (Å²) in [5.41, 5.74) is 3.18. The summed E-state index contributed by atoms with van der Waals surface area (Å²) in [6.07, 6.45) is 2.51. The first-order valence-corrected chi connectivity index (χ1v) is 9.89. The summed E-state index contributed by atoms with van der Waals surface area (Å²) in [5, 5.41) is 0. The van der Waals surface area contributed by atoms with E-state index in [9.17, 15) is 13.6 Å². The van der Waals surface area contributed by atoms with Crippen LogP contribution >= 0.6 is 0 Å². The van der Waals surface area contributed by atoms with E-state index in [0.717, 1.165) is 11.1 Å². The van der Waals surface area contributed by atoms with Crippen LogP contribution in [0.3, 0.4) is 0 Å². The largest absolute Gasteiger partial charge is 0.496 e. The zero-order chi connectivity index (χ0) is 21.3. The lowest BCUT2D eigenvalue weighted by atomic mass is 9.86. The molecule has 2 unspecified atom stereocenters. The predicted octanol–water partition coefficient (Wildman–Crippen LogP) is 6.36. The second kappa shape index (κ2) is 8.23. The number of carbonyl (C=O) groups excluding carboxylic acids is 1. The van der Waals surface area contributed by atoms with Crippen LogP contribution in [0.2, 0.25) is 0 Å². The minimum atomic E-state index is -0.453. The average molecular weight is 404 g/mol. The average Bonchev–Trinajstić information content (AvgIpc) is 3.20. The van der Waals surface area contributed by atoms with E-state index in [-0.39, 0.29) is 23.4 Å². The van der Waals surface area contributed by atoms with Gasteiger partial charge in [0.05, 0.1) is 7.11 Å². The van der Waals surface area contributed by atoms with Crippen molar-refractivity contribution in [2.75, 3.05) is 7.11 Å². The summed E-state index contributed by atoms with van der Waals surface area (Å²) < 4.78 is 33.5. The summed E-state index contributed by atoms with van der Waals surface area (Å²) in [5.74, 6) is -0.601. The van der Waals surface area contributed by atoms with E-state index >= 15 is 0 Å². The number of aryl methyl sites for hydroxylation is 1. The predicted molar refractivity (Wildman–Crippen MR) is 113 cm³/mol. The zero-order valence-corrected chi connectivity index (χ0v) is 16.9. The topological polar surface area (TPSA) is 26.3 Å². The lowest BCUT2D eigenvalue weighted by Crippen LogP contribution is -2.10. The fourth-order valence-corrected chi connectivity index (χ4v) is 4.13. The zero-order valence-electron chi connectivity index (χ0n) is 16.9. The van der Waals surface area contributed by atoms with Crippen molar-refractivity contribution < 1.29 is 18.3 Å². The lowest BCUT2D eigenvalue weighted by molar-refractivity contribution is 0.102. The van der Waals surface area contributed by atoms with E-state index in [4.69, 9.17) is 4.74 Å². The van der Waals surface area contributed by atoms with Crippen molar-refractivity contribution in [3.05, 3.63) is 112 Å². The number of carbonyl (C=O) groups is 1. The van der Waals surface area contributed by atoms with Crippen molar-refractivity contribution in [1.82, 2.24) is 0 Å². The first kappa shape index (κ1) is 20.0. The van der Waals surface area contributed by atoms with Crippen LogP contribution in [0, 0.1) is 18.6 Å². The van der Waals surface area contributed by atoms with Gasteiger partial charge in [-0.15, -0.1) is 0 Å². The van der Waals surface area contributed by atoms with Gasteiger partial charge in [0.2, 0.25) is 0 Å². The number of ketones is 1. The van der Waals surface area contributed by atoms with Gasteiger partial charge in [-0.3, -0.25) is 4.79 Å². The van der Waals surface area contributed by atoms with E-state index in [1.165, 1.54) is 24.3 Å². The highest BCUT2D eigenvalue weighted by Gasteiger charge is 2.34. The Bertz CT molecular complexity index is 1130. The van der Waals surface area contributed by atoms with E-state index < -0.39 is 5.82 Å². The molecule has 2 nitrogen and oxygen atoms in total. The fourth-order valence-electron chi connectivity index (χ4n) is 4.13. The number of Topliss-reactive ketones (excluding diaryl/α,β-unsaturated/α-hetero) is 1. The van der Waals surface area contributed by atoms with Gasteiger partial charge < -0.3 is 4.74 Å². The molecule has 0 aliphatic heterocycles. The van der Waals surface area contributed by atoms with Crippen molar-refractivity contribution in [2.45, 2.75) is 25.2 Å². The lowest BCUT2D eigenvalue weighted by Gasteiger charge is -2.19. The van der Waals surface area contributed by atoms with Crippen LogP contribution in [-0.2, 0) is 0 Å². The fraction of sp³-hybridized carbons (Fsp3) is 0.192. The first-order chi connectivity index (χ1) is 14.5. The number of allylic oxidation sites excluding steroid dienone is 2. The molecule has 0 spiro atoms. The first-order valence-electron chi connectivity index (χ1n) is 9.89. The van der Waals surface area contributed by atoms with Crippen molar-refractivity contribution in [2.24, 2.45) is 0 Å². The molecular formula is C26H22F2O2. The molecule has 0 heterocycles. The Balaban J connectivity index is 1.79. The maximum absolute atomic E-state index is 14.2. The number of hydrogen-bond donors (Lipinski definition) is 0. The SMILES string of the molecule is COc1ccccc1C1CC(c2ccc(C)c(F)c2)C=C1C(=O)c1cccc(F)c1. The normalized spacial score (nSPS) is 18.2. The van der Waals surface area contributed by atoms with Crippen LogP contribution in [0.15, 0.2) is 78.4 Å². The number of benzene rings is 3. The standard InChI is InChI=1S/C26H22F2O2/c1-16-10-11-17(15-24(16)28)19-13-22(21-8-3-4-9-25(21)30-2)23(14-19)26(29)18-6-5-7-20(27)12-18/h3-12,14-15,19,22H,13H2,1-2H3. The van der Waals surface area contributed by atoms with Crippen LogP contribution in [0.1, 0.15) is 45.3 Å². The molecule has 4 rings (SSSR count). The molecule has 0 saturated carbocycles. The van der Waals surface area contributed by atoms with E-state index in [2.05, 4.69) is 0 Å². The van der Waals surface area contributed by atoms with Gasteiger partial charge in [-0.2, -0.15) is 0 Å². The van der Waals surface area contributed by atoms with E-state index in [1.54, 1.807) is 26.2 Å².